The van der Waals surface area contributed by atoms with Gasteiger partial charge in [0, 0.05) is 36.4 Å². The zero-order valence-electron chi connectivity index (χ0n) is 16.9. The van der Waals surface area contributed by atoms with Gasteiger partial charge in [-0.05, 0) is 18.2 Å². The van der Waals surface area contributed by atoms with Crippen LogP contribution < -0.4 is 9.47 Å². The van der Waals surface area contributed by atoms with Crippen LogP contribution in [0, 0.1) is 0 Å². The van der Waals surface area contributed by atoms with Crippen LogP contribution in [0.2, 0.25) is 0 Å². The molecule has 3 heterocycles. The highest BCUT2D eigenvalue weighted by molar-refractivity contribution is 5.90. The summed E-state index contributed by atoms with van der Waals surface area (Å²) in [4.78, 5) is 19.1. The third-order valence-electron chi connectivity index (χ3n) is 5.73. The predicted molar refractivity (Wildman–Crippen MR) is 110 cm³/mol. The largest absolute Gasteiger partial charge is 0.472 e. The molecular weight excluding hydrogens is 421 g/mol. The number of benzene rings is 2. The molecule has 1 unspecified atom stereocenters. The fourth-order valence-electron chi connectivity index (χ4n) is 4.20. The third kappa shape index (κ3) is 3.77. The lowest BCUT2D eigenvalue weighted by Gasteiger charge is -2.30. The minimum Gasteiger partial charge on any atom is -0.472 e. The third-order valence-corrected chi connectivity index (χ3v) is 5.73. The van der Waals surface area contributed by atoms with E-state index in [1.54, 1.807) is 4.90 Å². The van der Waals surface area contributed by atoms with Crippen LogP contribution in [-0.4, -0.2) is 35.0 Å². The summed E-state index contributed by atoms with van der Waals surface area (Å²) in [6.07, 6.45) is -3.31. The second kappa shape index (κ2) is 7.85. The molecule has 3 aromatic rings. The van der Waals surface area contributed by atoms with Crippen molar-refractivity contribution in [2.45, 2.75) is 24.6 Å². The molecule has 1 fully saturated rings. The van der Waals surface area contributed by atoms with E-state index >= 15 is 0 Å². The Morgan fingerprint density at radius 1 is 1.03 bits per heavy atom. The van der Waals surface area contributed by atoms with E-state index in [9.17, 15) is 18.0 Å². The van der Waals surface area contributed by atoms with Gasteiger partial charge < -0.3 is 14.4 Å². The van der Waals surface area contributed by atoms with Crippen LogP contribution in [0.1, 0.15) is 29.0 Å². The van der Waals surface area contributed by atoms with Crippen LogP contribution in [0.25, 0.3) is 0 Å². The Morgan fingerprint density at radius 3 is 2.34 bits per heavy atom. The minimum atomic E-state index is -4.47. The van der Waals surface area contributed by atoms with E-state index in [0.717, 1.165) is 29.5 Å². The van der Waals surface area contributed by atoms with E-state index in [2.05, 4.69) is 4.98 Å². The number of fused-ring (bicyclic) bond motifs is 2. The van der Waals surface area contributed by atoms with Crippen molar-refractivity contribution in [1.82, 2.24) is 9.88 Å². The summed E-state index contributed by atoms with van der Waals surface area (Å²) in [6.45, 7) is 0.725. The molecule has 5 rings (SSSR count). The monoisotopic (exact) mass is 440 g/mol. The van der Waals surface area contributed by atoms with Crippen molar-refractivity contribution < 1.29 is 27.4 Å². The highest BCUT2D eigenvalue weighted by Gasteiger charge is 2.38. The van der Waals surface area contributed by atoms with Crippen molar-refractivity contribution in [1.29, 1.82) is 0 Å². The Labute approximate surface area is 182 Å². The van der Waals surface area contributed by atoms with Gasteiger partial charge in [0.05, 0.1) is 18.0 Å². The average molecular weight is 440 g/mol. The van der Waals surface area contributed by atoms with Crippen LogP contribution >= 0.6 is 0 Å². The molecule has 1 aromatic heterocycles. The Bertz CT molecular complexity index is 1120. The number of rotatable bonds is 3. The first-order chi connectivity index (χ1) is 15.4. The number of aromatic nitrogens is 1. The highest BCUT2D eigenvalue weighted by atomic mass is 19.4. The quantitative estimate of drug-likeness (QED) is 0.574. The highest BCUT2D eigenvalue weighted by Crippen LogP contribution is 2.45. The van der Waals surface area contributed by atoms with Crippen LogP contribution in [0.15, 0.2) is 66.9 Å². The van der Waals surface area contributed by atoms with Gasteiger partial charge in [0.25, 0.3) is 0 Å². The molecule has 0 bridgehead atoms. The number of ether oxygens (including phenoxy) is 2. The maximum Gasteiger partial charge on any atom is 0.416 e. The molecule has 164 valence electrons. The summed E-state index contributed by atoms with van der Waals surface area (Å²) in [5, 5.41) is 0. The molecule has 2 aliphatic rings. The molecule has 0 radical (unpaired) electrons. The molecule has 0 spiro atoms. The van der Waals surface area contributed by atoms with Crippen molar-refractivity contribution >= 4 is 5.91 Å². The zero-order chi connectivity index (χ0) is 22.3. The number of para-hydroxylation sites is 2. The van der Waals surface area contributed by atoms with Crippen molar-refractivity contribution in [3.63, 3.8) is 0 Å². The predicted octanol–water partition coefficient (Wildman–Crippen LogP) is 5.02. The molecule has 2 aliphatic heterocycles. The van der Waals surface area contributed by atoms with Crippen LogP contribution in [0.3, 0.4) is 0 Å². The summed E-state index contributed by atoms with van der Waals surface area (Å²) < 4.78 is 50.5. The molecule has 0 saturated carbocycles. The van der Waals surface area contributed by atoms with E-state index < -0.39 is 23.8 Å². The van der Waals surface area contributed by atoms with Gasteiger partial charge in [0.2, 0.25) is 11.8 Å². The fourth-order valence-corrected chi connectivity index (χ4v) is 4.20. The Morgan fingerprint density at radius 2 is 1.69 bits per heavy atom. The number of hydrogen-bond acceptors (Lipinski definition) is 4. The van der Waals surface area contributed by atoms with Gasteiger partial charge in [-0.25, -0.2) is 4.98 Å². The number of alkyl halides is 3. The second-order valence-electron chi connectivity index (χ2n) is 7.80. The van der Waals surface area contributed by atoms with Crippen molar-refractivity contribution in [2.75, 3.05) is 13.1 Å². The fraction of sp³-hybridized carbons (Fsp3) is 0.250. The van der Waals surface area contributed by atoms with Gasteiger partial charge in [-0.2, -0.15) is 13.2 Å². The van der Waals surface area contributed by atoms with E-state index in [0.29, 0.717) is 24.5 Å². The molecule has 0 aliphatic carbocycles. The molecule has 1 saturated heterocycles. The maximum absolute atomic E-state index is 13.6. The van der Waals surface area contributed by atoms with Crippen LogP contribution in [0.4, 0.5) is 13.2 Å². The van der Waals surface area contributed by atoms with Crippen molar-refractivity contribution in [3.8, 4) is 17.4 Å². The van der Waals surface area contributed by atoms with Crippen molar-refractivity contribution in [3.05, 3.63) is 83.6 Å². The first-order valence-corrected chi connectivity index (χ1v) is 10.2. The number of carbonyl (C=O) groups is 1. The number of hydrogen-bond donors (Lipinski definition) is 0. The standard InChI is InChI=1S/C24H19F3N2O3/c25-24(26,27)15-9-11-28-21(13-15)31-16-10-12-29(14-16)23(30)22-17-5-1-3-7-19(17)32-20-8-4-2-6-18(20)22/h1-9,11,13,16,22H,10,12,14H2. The normalized spacial score (nSPS) is 18.0. The molecule has 5 nitrogen and oxygen atoms in total. The van der Waals surface area contributed by atoms with E-state index in [1.165, 1.54) is 0 Å². The number of halogens is 3. The summed E-state index contributed by atoms with van der Waals surface area (Å²) in [5.74, 6) is 0.591. The summed E-state index contributed by atoms with van der Waals surface area (Å²) in [5.41, 5.74) is 0.768. The molecule has 1 atom stereocenters. The van der Waals surface area contributed by atoms with Gasteiger partial charge in [-0.3, -0.25) is 4.79 Å². The second-order valence-corrected chi connectivity index (χ2v) is 7.80. The Kier molecular flexibility index (Phi) is 5.00. The lowest BCUT2D eigenvalue weighted by molar-refractivity contribution is -0.137. The summed E-state index contributed by atoms with van der Waals surface area (Å²) in [6, 6.07) is 16.7. The summed E-state index contributed by atoms with van der Waals surface area (Å²) in [7, 11) is 0. The Balaban J connectivity index is 1.35. The van der Waals surface area contributed by atoms with Gasteiger partial charge in [-0.15, -0.1) is 0 Å². The van der Waals surface area contributed by atoms with E-state index in [-0.39, 0.29) is 18.3 Å². The molecule has 32 heavy (non-hydrogen) atoms. The Hall–Kier alpha value is -3.55. The first-order valence-electron chi connectivity index (χ1n) is 10.2. The maximum atomic E-state index is 13.6. The first kappa shape index (κ1) is 20.4. The van der Waals surface area contributed by atoms with Crippen LogP contribution in [-0.2, 0) is 11.0 Å². The SMILES string of the molecule is O=C(C1c2ccccc2Oc2ccccc21)N1CCC(Oc2cc(C(F)(F)F)ccn2)C1. The van der Waals surface area contributed by atoms with Crippen LogP contribution in [0.5, 0.6) is 17.4 Å². The van der Waals surface area contributed by atoms with Gasteiger partial charge in [0.1, 0.15) is 17.6 Å². The van der Waals surface area contributed by atoms with Gasteiger partial charge >= 0.3 is 6.18 Å². The van der Waals surface area contributed by atoms with Gasteiger partial charge in [0.15, 0.2) is 0 Å². The molecular formula is C24H19F3N2O3. The molecule has 0 N–H and O–H groups in total. The summed E-state index contributed by atoms with van der Waals surface area (Å²) >= 11 is 0. The van der Waals surface area contributed by atoms with Crippen molar-refractivity contribution in [2.24, 2.45) is 0 Å². The lowest BCUT2D eigenvalue weighted by Crippen LogP contribution is -2.36. The number of likely N-dealkylation sites (tertiary alicyclic amines) is 1. The zero-order valence-corrected chi connectivity index (χ0v) is 16.9. The number of amides is 1. The molecule has 8 heteroatoms. The number of nitrogens with zero attached hydrogens (tertiary/aromatic N) is 2. The average Bonchev–Trinajstić information content (AvgIpc) is 3.25. The number of carbonyl (C=O) groups excluding carboxylic acids is 1. The number of pyridine rings is 1. The van der Waals surface area contributed by atoms with E-state index in [4.69, 9.17) is 9.47 Å². The molecule has 1 amide bonds. The minimum absolute atomic E-state index is 0.0868. The van der Waals surface area contributed by atoms with E-state index in [1.807, 2.05) is 48.5 Å². The topological polar surface area (TPSA) is 51.7 Å². The smallest absolute Gasteiger partial charge is 0.416 e. The van der Waals surface area contributed by atoms with Gasteiger partial charge in [-0.1, -0.05) is 36.4 Å². The molecule has 2 aromatic carbocycles. The lowest BCUT2D eigenvalue weighted by atomic mass is 9.87.